The highest BCUT2D eigenvalue weighted by Crippen LogP contribution is 2.31. The molecule has 0 radical (unpaired) electrons. The van der Waals surface area contributed by atoms with Crippen molar-refractivity contribution < 1.29 is 22.0 Å². The fourth-order valence-electron chi connectivity index (χ4n) is 5.00. The Bertz CT molecular complexity index is 1270. The van der Waals surface area contributed by atoms with Gasteiger partial charge in [0.15, 0.2) is 0 Å². The standard InChI is InChI=1S/C29H32F2N2O3S/c1-22-7-9-23(10-8-22)18-32(21-34)28-13-11-24(12-14-28)19-33(20-25-15-26(30)17-27(31)16-25)37(35,36)29-5-3-2-4-6-29/h2-10,15-17,21,24,28H,11-14,18-20H2,1H3. The van der Waals surface area contributed by atoms with Crippen LogP contribution in [-0.2, 0) is 27.9 Å². The fourth-order valence-corrected chi connectivity index (χ4v) is 6.52. The van der Waals surface area contributed by atoms with Crippen LogP contribution >= 0.6 is 0 Å². The van der Waals surface area contributed by atoms with Crippen molar-refractivity contribution in [3.05, 3.63) is 101 Å². The maximum atomic E-state index is 13.8. The molecule has 0 aliphatic heterocycles. The second-order valence-corrected chi connectivity index (χ2v) is 11.8. The minimum Gasteiger partial charge on any atom is -0.338 e. The van der Waals surface area contributed by atoms with E-state index < -0.39 is 21.7 Å². The number of carbonyl (C=O) groups is 1. The van der Waals surface area contributed by atoms with Gasteiger partial charge in [-0.05, 0) is 73.9 Å². The molecule has 4 rings (SSSR count). The molecule has 196 valence electrons. The number of aryl methyl sites for hydroxylation is 1. The Labute approximate surface area is 217 Å². The van der Waals surface area contributed by atoms with Gasteiger partial charge in [0.25, 0.3) is 0 Å². The van der Waals surface area contributed by atoms with Gasteiger partial charge in [0, 0.05) is 31.7 Å². The number of hydrogen-bond acceptors (Lipinski definition) is 3. The van der Waals surface area contributed by atoms with Crippen LogP contribution in [0.2, 0.25) is 0 Å². The molecule has 0 spiro atoms. The Hall–Kier alpha value is -3.10. The first-order valence-electron chi connectivity index (χ1n) is 12.5. The number of amides is 1. The van der Waals surface area contributed by atoms with E-state index in [1.807, 2.05) is 36.1 Å². The summed E-state index contributed by atoms with van der Waals surface area (Å²) >= 11 is 0. The van der Waals surface area contributed by atoms with Crippen molar-refractivity contribution in [1.29, 1.82) is 0 Å². The zero-order valence-electron chi connectivity index (χ0n) is 20.9. The first kappa shape index (κ1) is 26.9. The predicted octanol–water partition coefficient (Wildman–Crippen LogP) is 5.68. The molecule has 8 heteroatoms. The van der Waals surface area contributed by atoms with E-state index in [1.54, 1.807) is 18.2 Å². The van der Waals surface area contributed by atoms with Crippen LogP contribution in [0.4, 0.5) is 8.78 Å². The van der Waals surface area contributed by atoms with Crippen molar-refractivity contribution >= 4 is 16.4 Å². The lowest BCUT2D eigenvalue weighted by molar-refractivity contribution is -0.121. The quantitative estimate of drug-likeness (QED) is 0.319. The average Bonchev–Trinajstić information content (AvgIpc) is 2.88. The highest BCUT2D eigenvalue weighted by molar-refractivity contribution is 7.89. The first-order valence-corrected chi connectivity index (χ1v) is 14.0. The third-order valence-electron chi connectivity index (χ3n) is 7.03. The second-order valence-electron chi connectivity index (χ2n) is 9.83. The van der Waals surface area contributed by atoms with E-state index in [1.165, 1.54) is 28.6 Å². The number of nitrogens with zero attached hydrogens (tertiary/aromatic N) is 2. The third kappa shape index (κ3) is 7.02. The van der Waals surface area contributed by atoms with E-state index >= 15 is 0 Å². The van der Waals surface area contributed by atoms with Gasteiger partial charge >= 0.3 is 0 Å². The summed E-state index contributed by atoms with van der Waals surface area (Å²) in [5.41, 5.74) is 2.50. The van der Waals surface area contributed by atoms with Crippen molar-refractivity contribution in [2.75, 3.05) is 6.54 Å². The maximum Gasteiger partial charge on any atom is 0.243 e. The summed E-state index contributed by atoms with van der Waals surface area (Å²) in [6.45, 7) is 2.67. The van der Waals surface area contributed by atoms with E-state index in [-0.39, 0.29) is 35.5 Å². The molecule has 1 fully saturated rings. The first-order chi connectivity index (χ1) is 17.7. The summed E-state index contributed by atoms with van der Waals surface area (Å²) in [6, 6.07) is 19.4. The average molecular weight is 527 g/mol. The molecule has 3 aromatic carbocycles. The molecule has 3 aromatic rings. The Morgan fingerprint density at radius 2 is 1.46 bits per heavy atom. The smallest absolute Gasteiger partial charge is 0.243 e. The van der Waals surface area contributed by atoms with E-state index in [0.29, 0.717) is 6.54 Å². The van der Waals surface area contributed by atoms with Crippen LogP contribution in [0.1, 0.15) is 42.4 Å². The van der Waals surface area contributed by atoms with Crippen molar-refractivity contribution in [3.63, 3.8) is 0 Å². The second kappa shape index (κ2) is 12.0. The van der Waals surface area contributed by atoms with Crippen LogP contribution in [0.3, 0.4) is 0 Å². The van der Waals surface area contributed by atoms with E-state index in [0.717, 1.165) is 49.3 Å². The highest BCUT2D eigenvalue weighted by atomic mass is 32.2. The topological polar surface area (TPSA) is 57.7 Å². The fraction of sp³-hybridized carbons (Fsp3) is 0.345. The van der Waals surface area contributed by atoms with Gasteiger partial charge in [-0.1, -0.05) is 48.0 Å². The molecular weight excluding hydrogens is 494 g/mol. The molecule has 1 aliphatic carbocycles. The van der Waals surface area contributed by atoms with Crippen LogP contribution in [0.25, 0.3) is 0 Å². The van der Waals surface area contributed by atoms with Crippen molar-refractivity contribution in [2.45, 2.75) is 56.6 Å². The van der Waals surface area contributed by atoms with Gasteiger partial charge in [-0.2, -0.15) is 4.31 Å². The van der Waals surface area contributed by atoms with Crippen molar-refractivity contribution in [2.24, 2.45) is 5.92 Å². The molecule has 0 N–H and O–H groups in total. The summed E-state index contributed by atoms with van der Waals surface area (Å²) in [5.74, 6) is -1.41. The van der Waals surface area contributed by atoms with Crippen LogP contribution < -0.4 is 0 Å². The lowest BCUT2D eigenvalue weighted by atomic mass is 9.85. The molecule has 0 saturated heterocycles. The van der Waals surface area contributed by atoms with Gasteiger partial charge in [-0.3, -0.25) is 4.79 Å². The third-order valence-corrected chi connectivity index (χ3v) is 8.86. The zero-order valence-corrected chi connectivity index (χ0v) is 21.7. The van der Waals surface area contributed by atoms with Crippen LogP contribution in [0.5, 0.6) is 0 Å². The molecule has 0 bridgehead atoms. The van der Waals surface area contributed by atoms with Gasteiger partial charge in [0.05, 0.1) is 4.90 Å². The van der Waals surface area contributed by atoms with Gasteiger partial charge in [-0.15, -0.1) is 0 Å². The number of carbonyl (C=O) groups excluding carboxylic acids is 1. The van der Waals surface area contributed by atoms with E-state index in [4.69, 9.17) is 0 Å². The molecule has 1 amide bonds. The number of sulfonamides is 1. The molecular formula is C29H32F2N2O3S. The Morgan fingerprint density at radius 1 is 0.838 bits per heavy atom. The van der Waals surface area contributed by atoms with E-state index in [9.17, 15) is 22.0 Å². The summed E-state index contributed by atoms with van der Waals surface area (Å²) in [6.07, 6.45) is 3.93. The summed E-state index contributed by atoms with van der Waals surface area (Å²) in [4.78, 5) is 13.8. The number of benzene rings is 3. The SMILES string of the molecule is Cc1ccc(CN(C=O)C2CCC(CN(Cc3cc(F)cc(F)c3)S(=O)(=O)c3ccccc3)CC2)cc1. The van der Waals surface area contributed by atoms with Gasteiger partial charge in [0.1, 0.15) is 11.6 Å². The predicted molar refractivity (Wildman–Crippen MR) is 139 cm³/mol. The largest absolute Gasteiger partial charge is 0.338 e. The van der Waals surface area contributed by atoms with E-state index in [2.05, 4.69) is 0 Å². The molecule has 1 saturated carbocycles. The summed E-state index contributed by atoms with van der Waals surface area (Å²) < 4.78 is 56.0. The zero-order chi connectivity index (χ0) is 26.4. The monoisotopic (exact) mass is 526 g/mol. The lowest BCUT2D eigenvalue weighted by Gasteiger charge is -2.36. The normalized spacial score (nSPS) is 18.1. The van der Waals surface area contributed by atoms with Gasteiger partial charge < -0.3 is 4.90 Å². The maximum absolute atomic E-state index is 13.8. The van der Waals surface area contributed by atoms with Crippen molar-refractivity contribution in [1.82, 2.24) is 9.21 Å². The Kier molecular flexibility index (Phi) is 8.71. The molecule has 0 aromatic heterocycles. The molecule has 0 atom stereocenters. The summed E-state index contributed by atoms with van der Waals surface area (Å²) in [5, 5.41) is 0. The minimum atomic E-state index is -3.88. The molecule has 0 unspecified atom stereocenters. The molecule has 1 aliphatic rings. The molecule has 0 heterocycles. The molecule has 5 nitrogen and oxygen atoms in total. The van der Waals surface area contributed by atoms with Gasteiger partial charge in [0.2, 0.25) is 16.4 Å². The van der Waals surface area contributed by atoms with Crippen molar-refractivity contribution in [3.8, 4) is 0 Å². The van der Waals surface area contributed by atoms with Gasteiger partial charge in [-0.25, -0.2) is 17.2 Å². The van der Waals surface area contributed by atoms with Crippen LogP contribution in [0.15, 0.2) is 77.7 Å². The Balaban J connectivity index is 1.46. The number of rotatable bonds is 10. The highest BCUT2D eigenvalue weighted by Gasteiger charge is 2.31. The molecule has 37 heavy (non-hydrogen) atoms. The Morgan fingerprint density at radius 3 is 2.05 bits per heavy atom. The number of hydrogen-bond donors (Lipinski definition) is 0. The minimum absolute atomic E-state index is 0.0704. The summed E-state index contributed by atoms with van der Waals surface area (Å²) in [7, 11) is -3.88. The van der Waals surface area contributed by atoms with Crippen LogP contribution in [-0.4, -0.2) is 36.6 Å². The number of halogens is 2. The lowest BCUT2D eigenvalue weighted by Crippen LogP contribution is -2.40. The van der Waals surface area contributed by atoms with Crippen LogP contribution in [0, 0.1) is 24.5 Å².